The number of hydrogen-bond donors (Lipinski definition) is 2. The van der Waals surface area contributed by atoms with Gasteiger partial charge in [0.15, 0.2) is 0 Å². The molecule has 0 radical (unpaired) electrons. The smallest absolute Gasteiger partial charge is 0.335 e. The van der Waals surface area contributed by atoms with Crippen molar-refractivity contribution in [1.29, 1.82) is 0 Å². The first-order chi connectivity index (χ1) is 13.0. The van der Waals surface area contributed by atoms with Crippen LogP contribution in [0.2, 0.25) is 0 Å². The molecule has 1 aliphatic rings. The van der Waals surface area contributed by atoms with Crippen molar-refractivity contribution in [1.82, 2.24) is 9.99 Å². The highest BCUT2D eigenvalue weighted by molar-refractivity contribution is 8.14. The zero-order valence-corrected chi connectivity index (χ0v) is 15.8. The number of rotatable bonds is 4. The summed E-state index contributed by atoms with van der Waals surface area (Å²) >= 11 is 1.70. The van der Waals surface area contributed by atoms with Gasteiger partial charge >= 0.3 is 5.97 Å². The molecule has 0 saturated heterocycles. The number of carboxylic acid groups (broad SMARTS) is 1. The van der Waals surface area contributed by atoms with E-state index in [9.17, 15) is 4.79 Å². The SMILES string of the molecule is Cc1cc([C@H]2NN=C(c3ccccc3)S2)c(C)n1-c1ccc(C(=O)O)cc1. The van der Waals surface area contributed by atoms with E-state index in [-0.39, 0.29) is 10.9 Å². The maximum Gasteiger partial charge on any atom is 0.335 e. The number of hydrogen-bond acceptors (Lipinski definition) is 4. The number of nitrogens with one attached hydrogen (secondary N) is 1. The van der Waals surface area contributed by atoms with Crippen LogP contribution in [-0.4, -0.2) is 20.7 Å². The van der Waals surface area contributed by atoms with Gasteiger partial charge in [-0.1, -0.05) is 42.1 Å². The molecule has 1 aromatic heterocycles. The molecule has 2 N–H and O–H groups in total. The number of aryl methyl sites for hydroxylation is 1. The Kier molecular flexibility index (Phi) is 4.49. The van der Waals surface area contributed by atoms with Crippen LogP contribution in [0, 0.1) is 13.8 Å². The summed E-state index contributed by atoms with van der Waals surface area (Å²) in [5.41, 5.74) is 8.97. The van der Waals surface area contributed by atoms with Crippen LogP contribution >= 0.6 is 11.8 Å². The molecule has 0 bridgehead atoms. The van der Waals surface area contributed by atoms with Gasteiger partial charge in [0.25, 0.3) is 0 Å². The topological polar surface area (TPSA) is 66.6 Å². The Hall–Kier alpha value is -2.99. The Morgan fingerprint density at radius 2 is 1.81 bits per heavy atom. The number of benzene rings is 2. The lowest BCUT2D eigenvalue weighted by molar-refractivity contribution is 0.0697. The predicted octanol–water partition coefficient (Wildman–Crippen LogP) is 4.49. The van der Waals surface area contributed by atoms with Crippen LogP contribution < -0.4 is 5.43 Å². The van der Waals surface area contributed by atoms with Crippen molar-refractivity contribution in [2.75, 3.05) is 0 Å². The van der Waals surface area contributed by atoms with Gasteiger partial charge in [0.1, 0.15) is 10.4 Å². The third-order valence-corrected chi connectivity index (χ3v) is 5.80. The molecule has 1 atom stereocenters. The third-order valence-electron chi connectivity index (χ3n) is 4.66. The van der Waals surface area contributed by atoms with Gasteiger partial charge in [0.2, 0.25) is 0 Å². The highest BCUT2D eigenvalue weighted by Gasteiger charge is 2.26. The average Bonchev–Trinajstić information content (AvgIpc) is 3.27. The lowest BCUT2D eigenvalue weighted by atomic mass is 10.2. The zero-order chi connectivity index (χ0) is 19.0. The van der Waals surface area contributed by atoms with Crippen LogP contribution in [0.3, 0.4) is 0 Å². The largest absolute Gasteiger partial charge is 0.478 e. The molecule has 27 heavy (non-hydrogen) atoms. The molecular formula is C21H19N3O2S. The summed E-state index contributed by atoms with van der Waals surface area (Å²) < 4.78 is 2.14. The standard InChI is InChI=1S/C21H19N3O2S/c1-13-12-18(20-23-22-19(27-20)15-6-4-3-5-7-15)14(2)24(13)17-10-8-16(9-11-17)21(25)26/h3-12,20,23H,1-2H3,(H,25,26)/t20-/m0/s1. The maximum atomic E-state index is 11.1. The van der Waals surface area contributed by atoms with Gasteiger partial charge in [-0.3, -0.25) is 5.43 Å². The van der Waals surface area contributed by atoms with Crippen molar-refractivity contribution in [3.8, 4) is 5.69 Å². The van der Waals surface area contributed by atoms with Crippen molar-refractivity contribution >= 4 is 22.8 Å². The van der Waals surface area contributed by atoms with E-state index in [0.717, 1.165) is 27.7 Å². The molecular weight excluding hydrogens is 358 g/mol. The molecule has 4 rings (SSSR count). The van der Waals surface area contributed by atoms with E-state index in [1.54, 1.807) is 23.9 Å². The van der Waals surface area contributed by atoms with Crippen molar-refractivity contribution in [2.24, 2.45) is 5.10 Å². The van der Waals surface area contributed by atoms with Crippen LogP contribution in [-0.2, 0) is 0 Å². The van der Waals surface area contributed by atoms with E-state index < -0.39 is 5.97 Å². The number of hydrazone groups is 1. The molecule has 1 aliphatic heterocycles. The summed E-state index contributed by atoms with van der Waals surface area (Å²) in [6.45, 7) is 4.14. The fourth-order valence-electron chi connectivity index (χ4n) is 3.33. The Morgan fingerprint density at radius 3 is 2.48 bits per heavy atom. The van der Waals surface area contributed by atoms with E-state index in [1.807, 2.05) is 30.3 Å². The fraction of sp³-hybridized carbons (Fsp3) is 0.143. The molecule has 2 aromatic carbocycles. The van der Waals surface area contributed by atoms with Gasteiger partial charge in [-0.25, -0.2) is 4.79 Å². The fourth-order valence-corrected chi connectivity index (χ4v) is 4.40. The molecule has 0 aliphatic carbocycles. The Bertz CT molecular complexity index is 1020. The number of nitrogens with zero attached hydrogens (tertiary/aromatic N) is 2. The molecule has 136 valence electrons. The van der Waals surface area contributed by atoms with Crippen molar-refractivity contribution in [3.63, 3.8) is 0 Å². The normalized spacial score (nSPS) is 16.1. The highest BCUT2D eigenvalue weighted by atomic mass is 32.2. The minimum Gasteiger partial charge on any atom is -0.478 e. The van der Waals surface area contributed by atoms with Crippen LogP contribution in [0.4, 0.5) is 0 Å². The molecule has 5 nitrogen and oxygen atoms in total. The number of aromatic carboxylic acids is 1. The Morgan fingerprint density at radius 1 is 1.11 bits per heavy atom. The van der Waals surface area contributed by atoms with E-state index in [1.165, 1.54) is 5.56 Å². The van der Waals surface area contributed by atoms with Gasteiger partial charge < -0.3 is 9.67 Å². The number of thioether (sulfide) groups is 1. The van der Waals surface area contributed by atoms with Crippen molar-refractivity contribution < 1.29 is 9.90 Å². The number of aromatic nitrogens is 1. The molecule has 0 amide bonds. The van der Waals surface area contributed by atoms with Crippen molar-refractivity contribution in [3.05, 3.63) is 88.7 Å². The van der Waals surface area contributed by atoms with E-state index >= 15 is 0 Å². The second-order valence-electron chi connectivity index (χ2n) is 6.42. The van der Waals surface area contributed by atoms with Gasteiger partial charge in [0, 0.05) is 28.2 Å². The molecule has 0 fully saturated rings. The predicted molar refractivity (Wildman–Crippen MR) is 109 cm³/mol. The highest BCUT2D eigenvalue weighted by Crippen LogP contribution is 2.37. The van der Waals surface area contributed by atoms with Gasteiger partial charge in [-0.15, -0.1) is 0 Å². The second kappa shape index (κ2) is 6.96. The molecule has 0 saturated carbocycles. The lowest BCUT2D eigenvalue weighted by Gasteiger charge is -2.13. The van der Waals surface area contributed by atoms with Crippen molar-refractivity contribution in [2.45, 2.75) is 19.2 Å². The van der Waals surface area contributed by atoms with E-state index in [4.69, 9.17) is 5.11 Å². The summed E-state index contributed by atoms with van der Waals surface area (Å²) in [4.78, 5) is 11.1. The average molecular weight is 377 g/mol. The monoisotopic (exact) mass is 377 g/mol. The maximum absolute atomic E-state index is 11.1. The minimum absolute atomic E-state index is 0.0541. The first kappa shape index (κ1) is 17.4. The summed E-state index contributed by atoms with van der Waals surface area (Å²) in [6.07, 6.45) is 0. The summed E-state index contributed by atoms with van der Waals surface area (Å²) in [6, 6.07) is 19.3. The Balaban J connectivity index is 1.61. The van der Waals surface area contributed by atoms with Gasteiger partial charge in [0.05, 0.1) is 5.56 Å². The van der Waals surface area contributed by atoms with Crippen LogP contribution in [0.25, 0.3) is 5.69 Å². The number of carboxylic acids is 1. The van der Waals surface area contributed by atoms with Crippen LogP contribution in [0.5, 0.6) is 0 Å². The lowest BCUT2D eigenvalue weighted by Crippen LogP contribution is -2.08. The first-order valence-corrected chi connectivity index (χ1v) is 9.50. The van der Waals surface area contributed by atoms with Gasteiger partial charge in [-0.05, 0) is 44.2 Å². The molecule has 2 heterocycles. The number of carbonyl (C=O) groups is 1. The summed E-state index contributed by atoms with van der Waals surface area (Å²) in [7, 11) is 0. The zero-order valence-electron chi connectivity index (χ0n) is 15.0. The second-order valence-corrected chi connectivity index (χ2v) is 7.52. The van der Waals surface area contributed by atoms with Crippen LogP contribution in [0.15, 0.2) is 65.8 Å². The van der Waals surface area contributed by atoms with E-state index in [0.29, 0.717) is 0 Å². The molecule has 0 unspecified atom stereocenters. The third kappa shape index (κ3) is 3.24. The summed E-state index contributed by atoms with van der Waals surface area (Å²) in [5, 5.41) is 14.6. The van der Waals surface area contributed by atoms with Gasteiger partial charge in [-0.2, -0.15) is 5.10 Å². The molecule has 6 heteroatoms. The quantitative estimate of drug-likeness (QED) is 0.703. The van der Waals surface area contributed by atoms with Crippen LogP contribution in [0.1, 0.15) is 38.2 Å². The van der Waals surface area contributed by atoms with E-state index in [2.05, 4.69) is 47.1 Å². The molecule has 3 aromatic rings. The summed E-state index contributed by atoms with van der Waals surface area (Å²) in [5.74, 6) is -0.916. The Labute approximate surface area is 161 Å². The first-order valence-electron chi connectivity index (χ1n) is 8.62. The molecule has 0 spiro atoms. The minimum atomic E-state index is -0.916.